The van der Waals surface area contributed by atoms with Crippen molar-refractivity contribution in [3.05, 3.63) is 18.3 Å². The van der Waals surface area contributed by atoms with Crippen molar-refractivity contribution in [3.8, 4) is 0 Å². The summed E-state index contributed by atoms with van der Waals surface area (Å²) in [5, 5.41) is 11.4. The molecule has 0 saturated carbocycles. The number of carboxylic acids is 1. The minimum atomic E-state index is -0.895. The van der Waals surface area contributed by atoms with Crippen molar-refractivity contribution < 1.29 is 19.4 Å². The molecule has 2 rings (SSSR count). The molecule has 0 spiro atoms. The maximum atomic E-state index is 11.8. The third kappa shape index (κ3) is 5.00. The van der Waals surface area contributed by atoms with E-state index < -0.39 is 5.97 Å². The van der Waals surface area contributed by atoms with Crippen molar-refractivity contribution in [2.45, 2.75) is 19.8 Å². The third-order valence-electron chi connectivity index (χ3n) is 3.45. The monoisotopic (exact) mass is 307 g/mol. The van der Waals surface area contributed by atoms with Crippen LogP contribution in [0.25, 0.3) is 0 Å². The second-order valence-electron chi connectivity index (χ2n) is 5.46. The number of morpholine rings is 1. The highest BCUT2D eigenvalue weighted by Gasteiger charge is 2.14. The van der Waals surface area contributed by atoms with Crippen LogP contribution in [-0.4, -0.2) is 48.3 Å². The maximum absolute atomic E-state index is 11.8. The molecule has 1 saturated heterocycles. The molecule has 7 nitrogen and oxygen atoms in total. The molecule has 1 aliphatic rings. The Balaban J connectivity index is 1.85. The molecule has 1 amide bonds. The van der Waals surface area contributed by atoms with Crippen molar-refractivity contribution in [2.24, 2.45) is 5.92 Å². The van der Waals surface area contributed by atoms with Crippen LogP contribution in [0.3, 0.4) is 0 Å². The number of amides is 1. The van der Waals surface area contributed by atoms with Crippen LogP contribution in [0.1, 0.15) is 19.8 Å². The zero-order chi connectivity index (χ0) is 15.9. The standard InChI is InChI=1S/C15H21N3O4/c1-11(9-15(20)21)8-14(19)17-13-3-2-12(10-16-13)18-4-6-22-7-5-18/h2-3,10-11H,4-9H2,1H3,(H,20,21)(H,16,17,19). The van der Waals surface area contributed by atoms with Gasteiger partial charge in [-0.2, -0.15) is 0 Å². The van der Waals surface area contributed by atoms with Crippen molar-refractivity contribution in [2.75, 3.05) is 36.5 Å². The number of ether oxygens (including phenoxy) is 1. The van der Waals surface area contributed by atoms with E-state index in [0.717, 1.165) is 18.8 Å². The Kier molecular flexibility index (Phi) is 5.71. The summed E-state index contributed by atoms with van der Waals surface area (Å²) in [6.07, 6.45) is 1.87. The van der Waals surface area contributed by atoms with Crippen molar-refractivity contribution in [1.29, 1.82) is 0 Å². The first kappa shape index (κ1) is 16.2. The van der Waals surface area contributed by atoms with Crippen LogP contribution in [0.15, 0.2) is 18.3 Å². The molecule has 2 heterocycles. The smallest absolute Gasteiger partial charge is 0.303 e. The fourth-order valence-electron chi connectivity index (χ4n) is 2.35. The molecule has 2 N–H and O–H groups in total. The van der Waals surface area contributed by atoms with Gasteiger partial charge in [0.1, 0.15) is 5.82 Å². The Bertz CT molecular complexity index is 512. The summed E-state index contributed by atoms with van der Waals surface area (Å²) < 4.78 is 5.30. The van der Waals surface area contributed by atoms with Gasteiger partial charge in [-0.3, -0.25) is 9.59 Å². The topological polar surface area (TPSA) is 91.8 Å². The molecular formula is C15H21N3O4. The van der Waals surface area contributed by atoms with E-state index in [9.17, 15) is 9.59 Å². The van der Waals surface area contributed by atoms with Gasteiger partial charge in [0.25, 0.3) is 0 Å². The van der Waals surface area contributed by atoms with Crippen LogP contribution >= 0.6 is 0 Å². The Labute approximate surface area is 129 Å². The largest absolute Gasteiger partial charge is 0.481 e. The van der Waals surface area contributed by atoms with Gasteiger partial charge in [-0.15, -0.1) is 0 Å². The first-order valence-electron chi connectivity index (χ1n) is 7.35. The summed E-state index contributed by atoms with van der Waals surface area (Å²) in [4.78, 5) is 28.8. The number of anilines is 2. The number of pyridine rings is 1. The first-order chi connectivity index (χ1) is 10.5. The van der Waals surface area contributed by atoms with Crippen LogP contribution in [0.4, 0.5) is 11.5 Å². The average molecular weight is 307 g/mol. The van der Waals surface area contributed by atoms with E-state index in [1.54, 1.807) is 19.2 Å². The molecule has 1 atom stereocenters. The highest BCUT2D eigenvalue weighted by molar-refractivity contribution is 5.90. The van der Waals surface area contributed by atoms with Gasteiger partial charge in [-0.1, -0.05) is 6.92 Å². The van der Waals surface area contributed by atoms with Gasteiger partial charge in [0.2, 0.25) is 5.91 Å². The normalized spacial score (nSPS) is 16.1. The minimum Gasteiger partial charge on any atom is -0.481 e. The van der Waals surface area contributed by atoms with Crippen molar-refractivity contribution >= 4 is 23.4 Å². The molecule has 7 heteroatoms. The number of carboxylic acid groups (broad SMARTS) is 1. The Morgan fingerprint density at radius 2 is 2.09 bits per heavy atom. The van der Waals surface area contributed by atoms with E-state index in [0.29, 0.717) is 19.0 Å². The lowest BCUT2D eigenvalue weighted by Crippen LogP contribution is -2.36. The van der Waals surface area contributed by atoms with E-state index >= 15 is 0 Å². The minimum absolute atomic E-state index is 0.0170. The summed E-state index contributed by atoms with van der Waals surface area (Å²) in [6.45, 7) is 4.82. The van der Waals surface area contributed by atoms with E-state index in [-0.39, 0.29) is 24.7 Å². The molecule has 1 aromatic heterocycles. The molecule has 0 bridgehead atoms. The highest BCUT2D eigenvalue weighted by atomic mass is 16.5. The molecule has 22 heavy (non-hydrogen) atoms. The zero-order valence-corrected chi connectivity index (χ0v) is 12.6. The second kappa shape index (κ2) is 7.74. The third-order valence-corrected chi connectivity index (χ3v) is 3.45. The molecule has 120 valence electrons. The number of hydrogen-bond donors (Lipinski definition) is 2. The summed E-state index contributed by atoms with van der Waals surface area (Å²) in [7, 11) is 0. The van der Waals surface area contributed by atoms with Gasteiger partial charge in [0.05, 0.1) is 25.1 Å². The molecule has 1 aliphatic heterocycles. The lowest BCUT2D eigenvalue weighted by atomic mass is 10.0. The van der Waals surface area contributed by atoms with Crippen LogP contribution in [0, 0.1) is 5.92 Å². The Hall–Kier alpha value is -2.15. The zero-order valence-electron chi connectivity index (χ0n) is 12.6. The number of carbonyl (C=O) groups excluding carboxylic acids is 1. The number of carbonyl (C=O) groups is 2. The summed E-state index contributed by atoms with van der Waals surface area (Å²) in [5.74, 6) is -0.844. The number of hydrogen-bond acceptors (Lipinski definition) is 5. The highest BCUT2D eigenvalue weighted by Crippen LogP contribution is 2.17. The second-order valence-corrected chi connectivity index (χ2v) is 5.46. The number of aliphatic carboxylic acids is 1. The quantitative estimate of drug-likeness (QED) is 0.824. The maximum Gasteiger partial charge on any atom is 0.303 e. The van der Waals surface area contributed by atoms with Crippen LogP contribution in [0.5, 0.6) is 0 Å². The van der Waals surface area contributed by atoms with Crippen LogP contribution in [-0.2, 0) is 14.3 Å². The molecule has 0 radical (unpaired) electrons. The number of aromatic nitrogens is 1. The fourth-order valence-corrected chi connectivity index (χ4v) is 2.35. The van der Waals surface area contributed by atoms with Gasteiger partial charge >= 0.3 is 5.97 Å². The summed E-state index contributed by atoms with van der Waals surface area (Å²) in [5.41, 5.74) is 1.00. The van der Waals surface area contributed by atoms with Gasteiger partial charge in [0, 0.05) is 25.9 Å². The lowest BCUT2D eigenvalue weighted by molar-refractivity contribution is -0.138. The molecule has 1 unspecified atom stereocenters. The van der Waals surface area contributed by atoms with E-state index in [1.807, 2.05) is 6.07 Å². The van der Waals surface area contributed by atoms with Crippen LogP contribution in [0.2, 0.25) is 0 Å². The molecule has 0 aromatic carbocycles. The van der Waals surface area contributed by atoms with Crippen LogP contribution < -0.4 is 10.2 Å². The fraction of sp³-hybridized carbons (Fsp3) is 0.533. The molecule has 0 aliphatic carbocycles. The average Bonchev–Trinajstić information content (AvgIpc) is 2.47. The summed E-state index contributed by atoms with van der Waals surface area (Å²) in [6, 6.07) is 3.67. The van der Waals surface area contributed by atoms with Crippen molar-refractivity contribution in [3.63, 3.8) is 0 Å². The summed E-state index contributed by atoms with van der Waals surface area (Å²) >= 11 is 0. The van der Waals surface area contributed by atoms with Gasteiger partial charge in [-0.25, -0.2) is 4.98 Å². The molecule has 1 aromatic rings. The number of nitrogens with one attached hydrogen (secondary N) is 1. The Morgan fingerprint density at radius 1 is 1.36 bits per heavy atom. The predicted octanol–water partition coefficient (Wildman–Crippen LogP) is 1.36. The van der Waals surface area contributed by atoms with Gasteiger partial charge in [0.15, 0.2) is 0 Å². The number of nitrogens with zero attached hydrogens (tertiary/aromatic N) is 2. The van der Waals surface area contributed by atoms with Gasteiger partial charge < -0.3 is 20.1 Å². The predicted molar refractivity (Wildman–Crippen MR) is 81.9 cm³/mol. The molecule has 1 fully saturated rings. The lowest BCUT2D eigenvalue weighted by Gasteiger charge is -2.28. The first-order valence-corrected chi connectivity index (χ1v) is 7.35. The van der Waals surface area contributed by atoms with E-state index in [1.165, 1.54) is 0 Å². The van der Waals surface area contributed by atoms with Gasteiger partial charge in [-0.05, 0) is 18.1 Å². The SMILES string of the molecule is CC(CC(=O)O)CC(=O)Nc1ccc(N2CCOCC2)cn1. The van der Waals surface area contributed by atoms with E-state index in [4.69, 9.17) is 9.84 Å². The number of rotatable bonds is 6. The Morgan fingerprint density at radius 3 is 2.68 bits per heavy atom. The van der Waals surface area contributed by atoms with Crippen molar-refractivity contribution in [1.82, 2.24) is 4.98 Å². The van der Waals surface area contributed by atoms with E-state index in [2.05, 4.69) is 15.2 Å². The molecular weight excluding hydrogens is 286 g/mol.